The molecule has 1 heteroatoms. The van der Waals surface area contributed by atoms with E-state index in [9.17, 15) is 0 Å². The minimum Gasteiger partial charge on any atom is -0.306 e. The van der Waals surface area contributed by atoms with Crippen molar-refractivity contribution in [3.63, 3.8) is 0 Å². The van der Waals surface area contributed by atoms with Crippen LogP contribution in [0.1, 0.15) is 104 Å². The summed E-state index contributed by atoms with van der Waals surface area (Å²) < 4.78 is 0. The first-order valence-corrected chi connectivity index (χ1v) is 9.49. The summed E-state index contributed by atoms with van der Waals surface area (Å²) in [5.41, 5.74) is 0. The summed E-state index contributed by atoms with van der Waals surface area (Å²) in [6.45, 7) is 7.20. The highest BCUT2D eigenvalue weighted by molar-refractivity contribution is 4.54. The minimum atomic E-state index is 1.31. The fraction of sp³-hybridized carbons (Fsp3) is 1.00. The smallest absolute Gasteiger partial charge is 0.00218 e. The van der Waals surface area contributed by atoms with Gasteiger partial charge < -0.3 is 4.90 Å². The van der Waals surface area contributed by atoms with E-state index in [1.807, 2.05) is 0 Å². The summed E-state index contributed by atoms with van der Waals surface area (Å²) in [6.07, 6.45) is 20.0. The zero-order valence-electron chi connectivity index (χ0n) is 14.8. The van der Waals surface area contributed by atoms with Gasteiger partial charge in [0.2, 0.25) is 0 Å². The van der Waals surface area contributed by atoms with Crippen molar-refractivity contribution in [2.24, 2.45) is 0 Å². The maximum atomic E-state index is 2.54. The zero-order chi connectivity index (χ0) is 14.9. The molecule has 0 atom stereocenters. The molecule has 0 saturated carbocycles. The highest BCUT2D eigenvalue weighted by Crippen LogP contribution is 2.09. The molecule has 0 spiro atoms. The SMILES string of the molecule is CCCCCCCCCCN(C)CCCCCCCC. The molecule has 0 unspecified atom stereocenters. The second-order valence-corrected chi connectivity index (χ2v) is 6.55. The molecule has 0 fully saturated rings. The Labute approximate surface area is 129 Å². The average Bonchev–Trinajstić information content (AvgIpc) is 2.45. The van der Waals surface area contributed by atoms with Crippen LogP contribution < -0.4 is 0 Å². The van der Waals surface area contributed by atoms with Crippen LogP contribution in [-0.4, -0.2) is 25.0 Å². The largest absolute Gasteiger partial charge is 0.306 e. The molecule has 0 aromatic rings. The fourth-order valence-corrected chi connectivity index (χ4v) is 2.79. The van der Waals surface area contributed by atoms with Crippen molar-refractivity contribution in [1.82, 2.24) is 4.90 Å². The van der Waals surface area contributed by atoms with Crippen molar-refractivity contribution in [1.29, 1.82) is 0 Å². The third-order valence-corrected chi connectivity index (χ3v) is 4.29. The predicted molar refractivity (Wildman–Crippen MR) is 93.5 cm³/mol. The first kappa shape index (κ1) is 20.0. The van der Waals surface area contributed by atoms with E-state index in [2.05, 4.69) is 25.8 Å². The molecule has 1 nitrogen and oxygen atoms in total. The van der Waals surface area contributed by atoms with Crippen LogP contribution in [0.2, 0.25) is 0 Å². The van der Waals surface area contributed by atoms with E-state index in [0.29, 0.717) is 0 Å². The van der Waals surface area contributed by atoms with Gasteiger partial charge in [0, 0.05) is 0 Å². The van der Waals surface area contributed by atoms with Gasteiger partial charge in [-0.15, -0.1) is 0 Å². The molecule has 0 amide bonds. The Morgan fingerprint density at radius 1 is 0.450 bits per heavy atom. The Bertz CT molecular complexity index is 167. The second kappa shape index (κ2) is 17.0. The van der Waals surface area contributed by atoms with Gasteiger partial charge in [-0.1, -0.05) is 90.9 Å². The number of nitrogens with zero attached hydrogens (tertiary/aromatic N) is 1. The van der Waals surface area contributed by atoms with Crippen molar-refractivity contribution < 1.29 is 0 Å². The van der Waals surface area contributed by atoms with E-state index < -0.39 is 0 Å². The van der Waals surface area contributed by atoms with Crippen LogP contribution in [0.5, 0.6) is 0 Å². The third-order valence-electron chi connectivity index (χ3n) is 4.29. The Kier molecular flexibility index (Phi) is 17.0. The number of rotatable bonds is 16. The van der Waals surface area contributed by atoms with Crippen LogP contribution >= 0.6 is 0 Å². The molecule has 0 aromatic carbocycles. The maximum absolute atomic E-state index is 2.54. The van der Waals surface area contributed by atoms with E-state index in [1.165, 1.54) is 103 Å². The molecule has 0 rings (SSSR count). The number of hydrogen-bond donors (Lipinski definition) is 0. The molecule has 0 radical (unpaired) electrons. The van der Waals surface area contributed by atoms with Crippen LogP contribution in [0.3, 0.4) is 0 Å². The monoisotopic (exact) mass is 283 g/mol. The summed E-state index contributed by atoms with van der Waals surface area (Å²) in [7, 11) is 2.30. The number of hydrogen-bond acceptors (Lipinski definition) is 1. The highest BCUT2D eigenvalue weighted by atomic mass is 15.1. The Balaban J connectivity index is 3.10. The van der Waals surface area contributed by atoms with Crippen LogP contribution in [0.4, 0.5) is 0 Å². The first-order valence-electron chi connectivity index (χ1n) is 9.49. The van der Waals surface area contributed by atoms with Crippen molar-refractivity contribution in [3.05, 3.63) is 0 Å². The van der Waals surface area contributed by atoms with Gasteiger partial charge in [0.1, 0.15) is 0 Å². The van der Waals surface area contributed by atoms with Gasteiger partial charge in [0.05, 0.1) is 0 Å². The molecule has 20 heavy (non-hydrogen) atoms. The molecular formula is C19H41N. The lowest BCUT2D eigenvalue weighted by Crippen LogP contribution is -2.20. The molecule has 0 saturated heterocycles. The molecule has 0 aliphatic heterocycles. The van der Waals surface area contributed by atoms with Crippen LogP contribution in [0, 0.1) is 0 Å². The minimum absolute atomic E-state index is 1.31. The van der Waals surface area contributed by atoms with Gasteiger partial charge in [0.15, 0.2) is 0 Å². The number of unbranched alkanes of at least 4 members (excludes halogenated alkanes) is 12. The highest BCUT2D eigenvalue weighted by Gasteiger charge is 1.98. The van der Waals surface area contributed by atoms with E-state index in [1.54, 1.807) is 0 Å². The molecule has 0 heterocycles. The first-order chi connectivity index (χ1) is 9.81. The summed E-state index contributed by atoms with van der Waals surface area (Å²) in [5.74, 6) is 0. The maximum Gasteiger partial charge on any atom is -0.00218 e. The van der Waals surface area contributed by atoms with Gasteiger partial charge in [-0.05, 0) is 33.0 Å². The summed E-state index contributed by atoms with van der Waals surface area (Å²) in [4.78, 5) is 2.54. The lowest BCUT2D eigenvalue weighted by atomic mass is 10.1. The average molecular weight is 284 g/mol. The second-order valence-electron chi connectivity index (χ2n) is 6.55. The fourth-order valence-electron chi connectivity index (χ4n) is 2.79. The predicted octanol–water partition coefficient (Wildman–Crippen LogP) is 6.42. The lowest BCUT2D eigenvalue weighted by Gasteiger charge is -2.16. The normalized spacial score (nSPS) is 11.4. The molecule has 0 aliphatic carbocycles. The van der Waals surface area contributed by atoms with Gasteiger partial charge >= 0.3 is 0 Å². The van der Waals surface area contributed by atoms with Crippen molar-refractivity contribution in [2.45, 2.75) is 104 Å². The Morgan fingerprint density at radius 3 is 1.10 bits per heavy atom. The van der Waals surface area contributed by atoms with E-state index in [4.69, 9.17) is 0 Å². The van der Waals surface area contributed by atoms with Gasteiger partial charge in [-0.2, -0.15) is 0 Å². The molecule has 122 valence electrons. The Morgan fingerprint density at radius 2 is 0.750 bits per heavy atom. The summed E-state index contributed by atoms with van der Waals surface area (Å²) in [6, 6.07) is 0. The van der Waals surface area contributed by atoms with Gasteiger partial charge in [-0.3, -0.25) is 0 Å². The summed E-state index contributed by atoms with van der Waals surface area (Å²) >= 11 is 0. The van der Waals surface area contributed by atoms with Crippen molar-refractivity contribution >= 4 is 0 Å². The van der Waals surface area contributed by atoms with E-state index in [-0.39, 0.29) is 0 Å². The molecule has 0 aliphatic rings. The topological polar surface area (TPSA) is 3.24 Å². The standard InChI is InChI=1S/C19H41N/c1-4-6-8-10-12-13-15-17-19-20(3)18-16-14-11-9-7-5-2/h4-19H2,1-3H3. The Hall–Kier alpha value is -0.0400. The summed E-state index contributed by atoms with van der Waals surface area (Å²) in [5, 5.41) is 0. The van der Waals surface area contributed by atoms with E-state index in [0.717, 1.165) is 0 Å². The molecular weight excluding hydrogens is 242 g/mol. The lowest BCUT2D eigenvalue weighted by molar-refractivity contribution is 0.314. The molecule has 0 N–H and O–H groups in total. The molecule has 0 aromatic heterocycles. The van der Waals surface area contributed by atoms with Crippen molar-refractivity contribution in [3.8, 4) is 0 Å². The van der Waals surface area contributed by atoms with Gasteiger partial charge in [0.25, 0.3) is 0 Å². The van der Waals surface area contributed by atoms with Crippen LogP contribution in [0.15, 0.2) is 0 Å². The van der Waals surface area contributed by atoms with Gasteiger partial charge in [-0.25, -0.2) is 0 Å². The van der Waals surface area contributed by atoms with Crippen LogP contribution in [0.25, 0.3) is 0 Å². The third kappa shape index (κ3) is 16.0. The van der Waals surface area contributed by atoms with Crippen molar-refractivity contribution in [2.75, 3.05) is 20.1 Å². The van der Waals surface area contributed by atoms with E-state index >= 15 is 0 Å². The zero-order valence-corrected chi connectivity index (χ0v) is 14.8. The molecule has 0 bridgehead atoms. The quantitative estimate of drug-likeness (QED) is 0.295. The van der Waals surface area contributed by atoms with Crippen LogP contribution in [-0.2, 0) is 0 Å².